The Bertz CT molecular complexity index is 531. The Morgan fingerprint density at radius 2 is 2.05 bits per heavy atom. The van der Waals surface area contributed by atoms with E-state index in [2.05, 4.69) is 22.2 Å². The second kappa shape index (κ2) is 7.87. The van der Waals surface area contributed by atoms with Gasteiger partial charge < -0.3 is 10.1 Å². The Kier molecular flexibility index (Phi) is 5.83. The van der Waals surface area contributed by atoms with E-state index in [0.29, 0.717) is 5.88 Å². The Morgan fingerprint density at radius 3 is 2.75 bits per heavy atom. The predicted molar refractivity (Wildman–Crippen MR) is 82.3 cm³/mol. The average molecular weight is 289 g/mol. The van der Waals surface area contributed by atoms with Gasteiger partial charge in [-0.25, -0.2) is 4.98 Å². The molecule has 0 aliphatic heterocycles. The largest absolute Gasteiger partial charge is 0.436 e. The van der Waals surface area contributed by atoms with E-state index < -0.39 is 0 Å². The molecule has 4 nitrogen and oxygen atoms in total. The van der Waals surface area contributed by atoms with E-state index in [1.54, 1.807) is 24.2 Å². The molecule has 1 aromatic heterocycles. The first kappa shape index (κ1) is 14.8. The maximum atomic E-state index is 5.77. The minimum absolute atomic E-state index is 0.519. The lowest BCUT2D eigenvalue weighted by atomic mass is 10.3. The molecule has 0 aliphatic carbocycles. The Morgan fingerprint density at radius 1 is 1.20 bits per heavy atom. The van der Waals surface area contributed by atoms with Crippen molar-refractivity contribution in [2.75, 3.05) is 12.8 Å². The summed E-state index contributed by atoms with van der Waals surface area (Å²) in [6.45, 7) is 3.86. The summed E-state index contributed by atoms with van der Waals surface area (Å²) in [7, 11) is 0. The fourth-order valence-corrected chi connectivity index (χ4v) is 2.22. The molecule has 2 aromatic rings. The minimum atomic E-state index is 0.519. The summed E-state index contributed by atoms with van der Waals surface area (Å²) < 4.78 is 5.77. The summed E-state index contributed by atoms with van der Waals surface area (Å²) in [6.07, 6.45) is 6.55. The second-order valence-electron chi connectivity index (χ2n) is 4.28. The van der Waals surface area contributed by atoms with E-state index >= 15 is 0 Å². The van der Waals surface area contributed by atoms with Crippen LogP contribution in [-0.4, -0.2) is 22.8 Å². The van der Waals surface area contributed by atoms with Gasteiger partial charge >= 0.3 is 0 Å². The molecule has 0 bridgehead atoms. The number of nitrogens with zero attached hydrogens (tertiary/aromatic N) is 2. The van der Waals surface area contributed by atoms with Crippen molar-refractivity contribution in [2.45, 2.75) is 24.8 Å². The fourth-order valence-electron chi connectivity index (χ4n) is 1.70. The molecule has 0 fully saturated rings. The lowest BCUT2D eigenvalue weighted by Gasteiger charge is -2.08. The van der Waals surface area contributed by atoms with E-state index in [1.807, 2.05) is 30.5 Å². The first-order chi connectivity index (χ1) is 9.83. The van der Waals surface area contributed by atoms with Gasteiger partial charge in [0, 0.05) is 11.4 Å². The lowest BCUT2D eigenvalue weighted by molar-refractivity contribution is 0.448. The highest BCUT2D eigenvalue weighted by molar-refractivity contribution is 7.98. The number of aromatic nitrogens is 2. The van der Waals surface area contributed by atoms with E-state index in [0.717, 1.165) is 35.8 Å². The Hall–Kier alpha value is -1.59. The van der Waals surface area contributed by atoms with Crippen molar-refractivity contribution in [3.63, 3.8) is 0 Å². The summed E-state index contributed by atoms with van der Waals surface area (Å²) in [5, 5.41) is 3.29. The summed E-state index contributed by atoms with van der Waals surface area (Å²) >= 11 is 1.65. The third-order valence-electron chi connectivity index (χ3n) is 2.70. The fraction of sp³-hybridized carbons (Fsp3) is 0.333. The molecule has 1 aromatic carbocycles. The van der Waals surface area contributed by atoms with Crippen molar-refractivity contribution in [1.82, 2.24) is 15.3 Å². The number of benzene rings is 1. The first-order valence-corrected chi connectivity index (χ1v) is 7.88. The van der Waals surface area contributed by atoms with Gasteiger partial charge in [-0.2, -0.15) is 0 Å². The molecule has 106 valence electrons. The molecule has 0 saturated carbocycles. The smallest absolute Gasteiger partial charge is 0.237 e. The van der Waals surface area contributed by atoms with Gasteiger partial charge in [0.25, 0.3) is 0 Å². The summed E-state index contributed by atoms with van der Waals surface area (Å²) in [6, 6.07) is 7.90. The van der Waals surface area contributed by atoms with E-state index in [1.165, 1.54) is 0 Å². The normalized spacial score (nSPS) is 10.5. The third-order valence-corrected chi connectivity index (χ3v) is 3.48. The molecule has 0 aliphatic rings. The highest BCUT2D eigenvalue weighted by atomic mass is 32.2. The van der Waals surface area contributed by atoms with E-state index in [9.17, 15) is 0 Å². The number of para-hydroxylation sites is 1. The molecule has 0 unspecified atom stereocenters. The number of nitrogens with one attached hydrogen (secondary N) is 1. The van der Waals surface area contributed by atoms with Crippen LogP contribution in [0.15, 0.2) is 41.6 Å². The van der Waals surface area contributed by atoms with Crippen LogP contribution in [0.2, 0.25) is 0 Å². The summed E-state index contributed by atoms with van der Waals surface area (Å²) in [5.74, 6) is 1.33. The van der Waals surface area contributed by atoms with E-state index in [4.69, 9.17) is 4.74 Å². The maximum Gasteiger partial charge on any atom is 0.237 e. The maximum absolute atomic E-state index is 5.77. The first-order valence-electron chi connectivity index (χ1n) is 6.66. The standard InChI is InChI=1S/C15H19N3OS/c1-3-8-16-9-12-10-18-15(11-17-12)19-13-6-4-5-7-14(13)20-2/h4-7,10-11,16H,3,8-9H2,1-2H3. The van der Waals surface area contributed by atoms with Crippen molar-refractivity contribution >= 4 is 11.8 Å². The van der Waals surface area contributed by atoms with Crippen LogP contribution in [0, 0.1) is 0 Å². The van der Waals surface area contributed by atoms with Crippen molar-refractivity contribution in [2.24, 2.45) is 0 Å². The number of ether oxygens (including phenoxy) is 1. The van der Waals surface area contributed by atoms with Crippen molar-refractivity contribution < 1.29 is 4.74 Å². The molecule has 20 heavy (non-hydrogen) atoms. The zero-order valence-electron chi connectivity index (χ0n) is 11.8. The zero-order valence-corrected chi connectivity index (χ0v) is 12.6. The Labute approximate surface area is 124 Å². The van der Waals surface area contributed by atoms with Gasteiger partial charge in [-0.15, -0.1) is 11.8 Å². The number of thioether (sulfide) groups is 1. The zero-order chi connectivity index (χ0) is 14.2. The SMILES string of the molecule is CCCNCc1cnc(Oc2ccccc2SC)cn1. The highest BCUT2D eigenvalue weighted by Crippen LogP contribution is 2.29. The van der Waals surface area contributed by atoms with Gasteiger partial charge in [-0.05, 0) is 31.4 Å². The molecule has 0 atom stereocenters. The van der Waals surface area contributed by atoms with Crippen LogP contribution in [-0.2, 0) is 6.54 Å². The quantitative estimate of drug-likeness (QED) is 0.624. The molecule has 1 heterocycles. The average Bonchev–Trinajstić information content (AvgIpc) is 2.50. The van der Waals surface area contributed by atoms with Gasteiger partial charge in [-0.1, -0.05) is 19.1 Å². The molecule has 2 rings (SSSR count). The third kappa shape index (κ3) is 4.21. The molecule has 5 heteroatoms. The van der Waals surface area contributed by atoms with Crippen LogP contribution >= 0.6 is 11.8 Å². The van der Waals surface area contributed by atoms with Crippen LogP contribution < -0.4 is 10.1 Å². The number of hydrogen-bond acceptors (Lipinski definition) is 5. The van der Waals surface area contributed by atoms with Gasteiger partial charge in [0.05, 0.1) is 18.1 Å². The monoisotopic (exact) mass is 289 g/mol. The van der Waals surface area contributed by atoms with E-state index in [-0.39, 0.29) is 0 Å². The van der Waals surface area contributed by atoms with Gasteiger partial charge in [-0.3, -0.25) is 4.98 Å². The number of hydrogen-bond donors (Lipinski definition) is 1. The summed E-state index contributed by atoms with van der Waals surface area (Å²) in [5.41, 5.74) is 0.920. The van der Waals surface area contributed by atoms with Gasteiger partial charge in [0.2, 0.25) is 5.88 Å². The number of rotatable bonds is 7. The predicted octanol–water partition coefficient (Wildman–Crippen LogP) is 3.49. The van der Waals surface area contributed by atoms with Crippen molar-refractivity contribution in [3.05, 3.63) is 42.4 Å². The van der Waals surface area contributed by atoms with Crippen LogP contribution in [0.25, 0.3) is 0 Å². The second-order valence-corrected chi connectivity index (χ2v) is 5.12. The lowest BCUT2D eigenvalue weighted by Crippen LogP contribution is -2.14. The van der Waals surface area contributed by atoms with Crippen LogP contribution in [0.5, 0.6) is 11.6 Å². The van der Waals surface area contributed by atoms with Crippen LogP contribution in [0.3, 0.4) is 0 Å². The molecule has 1 N–H and O–H groups in total. The van der Waals surface area contributed by atoms with Crippen molar-refractivity contribution in [3.8, 4) is 11.6 Å². The Balaban J connectivity index is 1.99. The minimum Gasteiger partial charge on any atom is -0.436 e. The molecular weight excluding hydrogens is 270 g/mol. The molecule has 0 amide bonds. The van der Waals surface area contributed by atoms with Crippen molar-refractivity contribution in [1.29, 1.82) is 0 Å². The van der Waals surface area contributed by atoms with Crippen LogP contribution in [0.4, 0.5) is 0 Å². The molecular formula is C15H19N3OS. The van der Waals surface area contributed by atoms with Crippen LogP contribution in [0.1, 0.15) is 19.0 Å². The molecule has 0 spiro atoms. The van der Waals surface area contributed by atoms with Gasteiger partial charge in [0.1, 0.15) is 5.75 Å². The topological polar surface area (TPSA) is 47.0 Å². The molecule has 0 saturated heterocycles. The van der Waals surface area contributed by atoms with Gasteiger partial charge in [0.15, 0.2) is 0 Å². The highest BCUT2D eigenvalue weighted by Gasteiger charge is 2.04. The molecule has 0 radical (unpaired) electrons. The summed E-state index contributed by atoms with van der Waals surface area (Å²) in [4.78, 5) is 9.73.